The molecule has 0 unspecified atom stereocenters. The predicted octanol–water partition coefficient (Wildman–Crippen LogP) is -1.14. The molecule has 0 aliphatic carbocycles. The average Bonchev–Trinajstić information content (AvgIpc) is 3.98. The lowest BCUT2D eigenvalue weighted by atomic mass is 10.0. The van der Waals surface area contributed by atoms with E-state index in [1.54, 1.807) is 49.6 Å². The number of fused-ring (bicyclic) bond motifs is 1. The van der Waals surface area contributed by atoms with Gasteiger partial charge in [-0.3, -0.25) is 39.0 Å². The number of guanidine groups is 1. The molecule has 0 saturated heterocycles. The Kier molecular flexibility index (Phi) is 21.5. The van der Waals surface area contributed by atoms with Gasteiger partial charge in [0.05, 0.1) is 18.6 Å². The molecule has 2 aromatic carbocycles. The molecule has 14 N–H and O–H groups in total. The maximum absolute atomic E-state index is 14.5. The van der Waals surface area contributed by atoms with E-state index in [0.29, 0.717) is 16.8 Å². The number of aromatic nitrogens is 3. The topological polar surface area (TPSA) is 330 Å². The van der Waals surface area contributed by atoms with E-state index in [9.17, 15) is 38.7 Å². The summed E-state index contributed by atoms with van der Waals surface area (Å²) >= 11 is 8.47. The monoisotopic (exact) mass is 963 g/mol. The number of nitrogens with one attached hydrogen (secondary N) is 11. The van der Waals surface area contributed by atoms with Gasteiger partial charge in [0.25, 0.3) is 0 Å². The lowest BCUT2D eigenvalue weighted by Crippen LogP contribution is -2.60. The van der Waals surface area contributed by atoms with Gasteiger partial charge in [0.2, 0.25) is 41.4 Å². The molecule has 0 saturated carbocycles. The molecule has 2 heterocycles. The lowest BCUT2D eigenvalue weighted by molar-refractivity contribution is -0.135. The van der Waals surface area contributed by atoms with E-state index in [1.807, 2.05) is 24.3 Å². The summed E-state index contributed by atoms with van der Waals surface area (Å²) in [5.41, 5.74) is 8.01. The van der Waals surface area contributed by atoms with Crippen LogP contribution in [0, 0.1) is 5.41 Å². The van der Waals surface area contributed by atoms with Crippen LogP contribution in [0.25, 0.3) is 10.9 Å². The Hall–Kier alpha value is -6.59. The van der Waals surface area contributed by atoms with Crippen molar-refractivity contribution in [2.45, 2.75) is 94.7 Å². The first-order chi connectivity index (χ1) is 32.1. The van der Waals surface area contributed by atoms with Crippen molar-refractivity contribution in [3.63, 3.8) is 0 Å². The van der Waals surface area contributed by atoms with Gasteiger partial charge in [-0.1, -0.05) is 48.5 Å². The Balaban J connectivity index is 1.66. The second kappa shape index (κ2) is 27.1. The van der Waals surface area contributed by atoms with Crippen molar-refractivity contribution in [2.24, 2.45) is 5.73 Å². The van der Waals surface area contributed by atoms with Gasteiger partial charge in [0.15, 0.2) is 5.96 Å². The summed E-state index contributed by atoms with van der Waals surface area (Å²) < 4.78 is 0. The maximum atomic E-state index is 14.5. The minimum Gasteiger partial charge on any atom is -0.394 e. The normalized spacial score (nSPS) is 14.2. The molecule has 0 bridgehead atoms. The summed E-state index contributed by atoms with van der Waals surface area (Å²) in [4.78, 5) is 106. The molecule has 7 amide bonds. The highest BCUT2D eigenvalue weighted by molar-refractivity contribution is 7.80. The zero-order chi connectivity index (χ0) is 48.9. The van der Waals surface area contributed by atoms with Crippen molar-refractivity contribution in [3.05, 3.63) is 90.1 Å². The first kappa shape index (κ1) is 53.0. The molecule has 0 radical (unpaired) electrons. The number of carbonyl (C=O) groups excluding carboxylic acids is 7. The van der Waals surface area contributed by atoms with E-state index < -0.39 is 83.6 Å². The summed E-state index contributed by atoms with van der Waals surface area (Å²) in [6.07, 6.45) is 4.79. The summed E-state index contributed by atoms with van der Waals surface area (Å²) in [5.74, 6) is -4.96. The number of carbonyl (C=O) groups is 7. The molecule has 4 aromatic rings. The number of aromatic amines is 2. The van der Waals surface area contributed by atoms with Gasteiger partial charge in [-0.25, -0.2) is 4.98 Å². The summed E-state index contributed by atoms with van der Waals surface area (Å²) in [5, 5.41) is 39.4. The van der Waals surface area contributed by atoms with Gasteiger partial charge in [-0.15, -0.1) is 0 Å². The van der Waals surface area contributed by atoms with Crippen LogP contribution in [-0.2, 0) is 52.8 Å². The zero-order valence-electron chi connectivity index (χ0n) is 37.3. The van der Waals surface area contributed by atoms with E-state index in [1.165, 1.54) is 13.3 Å². The number of H-pyrrole nitrogens is 2. The molecular formula is C44H61N13O8S2. The SMILES string of the molecule is CC(=O)N[C@@H](CCS)C(=O)N[C@@H](Cc1c[nH]cn1)C(=O)N[C@H](Cc1ccccc1)C(=O)N[C@@H](CCCNC(=N)N)C(=O)N[C@@H](Cc1c[nH]c2ccccc12)C(=O)N[C@@H](CS)C(=O)N[C@H](C)CO. The third-order valence-electron chi connectivity index (χ3n) is 10.5. The number of hydrogen-bond acceptors (Lipinski definition) is 12. The van der Waals surface area contributed by atoms with Crippen LogP contribution in [0.15, 0.2) is 73.3 Å². The molecular weight excluding hydrogens is 903 g/mol. The molecule has 21 nitrogen and oxygen atoms in total. The van der Waals surface area contributed by atoms with Crippen LogP contribution in [-0.4, -0.2) is 134 Å². The Labute approximate surface area is 398 Å². The van der Waals surface area contributed by atoms with Gasteiger partial charge in [-0.2, -0.15) is 25.3 Å². The van der Waals surface area contributed by atoms with Crippen molar-refractivity contribution in [3.8, 4) is 0 Å². The molecule has 4 rings (SSSR count). The highest BCUT2D eigenvalue weighted by atomic mass is 32.1. The minimum atomic E-state index is -1.33. The molecule has 2 aromatic heterocycles. The highest BCUT2D eigenvalue weighted by Gasteiger charge is 2.34. The van der Waals surface area contributed by atoms with Crippen molar-refractivity contribution in [2.75, 3.05) is 24.7 Å². The largest absolute Gasteiger partial charge is 0.394 e. The number of aliphatic hydroxyl groups excluding tert-OH is 1. The Morgan fingerprint density at radius 3 is 1.84 bits per heavy atom. The van der Waals surface area contributed by atoms with Crippen molar-refractivity contribution in [1.29, 1.82) is 5.41 Å². The molecule has 0 aliphatic heterocycles. The minimum absolute atomic E-state index is 0.0283. The number of para-hydroxylation sites is 1. The van der Waals surface area contributed by atoms with E-state index >= 15 is 0 Å². The van der Waals surface area contributed by atoms with Gasteiger partial charge in [-0.05, 0) is 49.1 Å². The van der Waals surface area contributed by atoms with E-state index in [0.717, 1.165) is 10.9 Å². The standard InChI is InChI=1S/C44H61N13O8S2/c1-25(22-58)51-43(65)37(23-67)57-41(63)35(18-28-20-49-31-12-7-6-11-30(28)31)55-38(60)32(13-8-15-48-44(45)46)53-40(62)34(17-27-9-4-3-5-10-27)54-42(64)36(19-29-21-47-24-50-29)56-39(61)33(14-16-66)52-26(2)59/h3-7,9-12,20-21,24-25,32-37,49,58,66-67H,8,13-19,22-23H2,1-2H3,(H,47,50)(H,51,65)(H,52,59)(H,53,62)(H,54,64)(H,55,60)(H,56,61)(H,57,63)(H4,45,46,48)/t25-,32+,33+,34-,35+,36+,37+/m1/s1. The number of rotatable bonds is 27. The number of nitrogens with two attached hydrogens (primary N) is 1. The molecule has 7 atom stereocenters. The fraction of sp³-hybridized carbons (Fsp3) is 0.432. The molecule has 362 valence electrons. The van der Waals surface area contributed by atoms with Crippen molar-refractivity contribution < 1.29 is 38.7 Å². The number of amides is 7. The summed E-state index contributed by atoms with van der Waals surface area (Å²) in [6.45, 7) is 2.64. The van der Waals surface area contributed by atoms with Gasteiger partial charge < -0.3 is 63.3 Å². The second-order valence-corrected chi connectivity index (χ2v) is 16.7. The van der Waals surface area contributed by atoms with E-state index in [4.69, 9.17) is 11.1 Å². The fourth-order valence-corrected chi connectivity index (χ4v) is 7.51. The predicted molar refractivity (Wildman–Crippen MR) is 258 cm³/mol. The number of benzene rings is 2. The van der Waals surface area contributed by atoms with Crippen LogP contribution in [0.4, 0.5) is 0 Å². The smallest absolute Gasteiger partial charge is 0.243 e. The Morgan fingerprint density at radius 1 is 0.701 bits per heavy atom. The molecule has 0 fully saturated rings. The van der Waals surface area contributed by atoms with Crippen LogP contribution >= 0.6 is 25.3 Å². The van der Waals surface area contributed by atoms with E-state index in [2.05, 4.69) is 82.7 Å². The number of hydrogen-bond donors (Lipinski definition) is 15. The molecule has 0 aliphatic rings. The fourth-order valence-electron chi connectivity index (χ4n) is 7.00. The summed E-state index contributed by atoms with van der Waals surface area (Å²) in [7, 11) is 0. The number of aliphatic hydroxyl groups is 1. The third-order valence-corrected chi connectivity index (χ3v) is 11.1. The maximum Gasteiger partial charge on any atom is 0.243 e. The second-order valence-electron chi connectivity index (χ2n) is 15.8. The third kappa shape index (κ3) is 17.3. The highest BCUT2D eigenvalue weighted by Crippen LogP contribution is 2.20. The number of imidazole rings is 1. The Morgan fingerprint density at radius 2 is 1.25 bits per heavy atom. The van der Waals surface area contributed by atoms with Gasteiger partial charge >= 0.3 is 0 Å². The molecule has 67 heavy (non-hydrogen) atoms. The van der Waals surface area contributed by atoms with Gasteiger partial charge in [0, 0.05) is 67.8 Å². The quantitative estimate of drug-likeness (QED) is 0.0147. The first-order valence-electron chi connectivity index (χ1n) is 21.7. The van der Waals surface area contributed by atoms with Crippen LogP contribution in [0.2, 0.25) is 0 Å². The van der Waals surface area contributed by atoms with Crippen LogP contribution < -0.4 is 48.3 Å². The van der Waals surface area contributed by atoms with Crippen LogP contribution in [0.3, 0.4) is 0 Å². The van der Waals surface area contributed by atoms with Gasteiger partial charge in [0.1, 0.15) is 36.3 Å². The zero-order valence-corrected chi connectivity index (χ0v) is 39.1. The Bertz CT molecular complexity index is 2280. The van der Waals surface area contributed by atoms with Crippen molar-refractivity contribution >= 4 is 83.5 Å². The lowest BCUT2D eigenvalue weighted by Gasteiger charge is -2.28. The molecule has 0 spiro atoms. The first-order valence-corrected chi connectivity index (χ1v) is 22.9. The average molecular weight is 964 g/mol. The number of thiol groups is 2. The van der Waals surface area contributed by atoms with Crippen LogP contribution in [0.1, 0.15) is 49.9 Å². The van der Waals surface area contributed by atoms with Crippen LogP contribution in [0.5, 0.6) is 0 Å². The summed E-state index contributed by atoms with van der Waals surface area (Å²) in [6, 6.07) is 8.11. The number of nitrogens with zero attached hydrogens (tertiary/aromatic N) is 1. The molecule has 23 heteroatoms. The van der Waals surface area contributed by atoms with Crippen molar-refractivity contribution in [1.82, 2.24) is 57.5 Å². The van der Waals surface area contributed by atoms with E-state index in [-0.39, 0.29) is 69.1 Å².